The summed E-state index contributed by atoms with van der Waals surface area (Å²) < 4.78 is 1.07. The molecule has 0 aliphatic carbocycles. The molecule has 4 nitrogen and oxygen atoms in total. The molecule has 0 amide bonds. The minimum absolute atomic E-state index is 0.371. The highest BCUT2D eigenvalue weighted by Gasteiger charge is 2.05. The maximum atomic E-state index is 5.70. The van der Waals surface area contributed by atoms with Gasteiger partial charge in [0.25, 0.3) is 0 Å². The molecule has 0 saturated carbocycles. The van der Waals surface area contributed by atoms with Crippen LogP contribution in [0.2, 0.25) is 0 Å². The van der Waals surface area contributed by atoms with E-state index < -0.39 is 0 Å². The number of nitrogens with two attached hydrogens (primary N) is 2. The van der Waals surface area contributed by atoms with Crippen LogP contribution in [0.25, 0.3) is 0 Å². The Bertz CT molecular complexity index is 539. The van der Waals surface area contributed by atoms with Crippen LogP contribution in [0.3, 0.4) is 0 Å². The van der Waals surface area contributed by atoms with Gasteiger partial charge in [0.15, 0.2) is 0 Å². The largest absolute Gasteiger partial charge is 0.396 e. The van der Waals surface area contributed by atoms with Gasteiger partial charge in [-0.3, -0.25) is 0 Å². The van der Waals surface area contributed by atoms with Gasteiger partial charge in [-0.15, -0.1) is 0 Å². The average molecular weight is 307 g/mol. The Hall–Kier alpha value is -1.75. The molecule has 1 aromatic heterocycles. The average Bonchev–Trinajstić information content (AvgIpc) is 2.35. The van der Waals surface area contributed by atoms with Crippen molar-refractivity contribution in [3.63, 3.8) is 0 Å². The zero-order valence-electron chi connectivity index (χ0n) is 10.1. The molecule has 0 aliphatic rings. The van der Waals surface area contributed by atoms with E-state index in [0.29, 0.717) is 11.5 Å². The fourth-order valence-corrected chi connectivity index (χ4v) is 1.90. The summed E-state index contributed by atoms with van der Waals surface area (Å²) in [5.41, 5.74) is 13.1. The Morgan fingerprint density at radius 1 is 1.11 bits per heavy atom. The second-order valence-corrected chi connectivity index (χ2v) is 5.04. The number of nitrogens with zero attached hydrogens (tertiary/aromatic N) is 2. The van der Waals surface area contributed by atoms with E-state index >= 15 is 0 Å². The number of aromatic nitrogens is 1. The summed E-state index contributed by atoms with van der Waals surface area (Å²) in [6.45, 7) is 0.767. The van der Waals surface area contributed by atoms with E-state index in [1.807, 2.05) is 30.1 Å². The SMILES string of the molecule is CN(Cc1ccc(Br)cc1)c1ccc(N)c(N)n1. The van der Waals surface area contributed by atoms with Gasteiger partial charge in [0.05, 0.1) is 5.69 Å². The monoisotopic (exact) mass is 306 g/mol. The zero-order valence-corrected chi connectivity index (χ0v) is 11.7. The van der Waals surface area contributed by atoms with Crippen molar-refractivity contribution in [3.8, 4) is 0 Å². The molecule has 18 heavy (non-hydrogen) atoms. The molecule has 1 aromatic carbocycles. The number of rotatable bonds is 3. The minimum Gasteiger partial charge on any atom is -0.396 e. The van der Waals surface area contributed by atoms with Gasteiger partial charge >= 0.3 is 0 Å². The quantitative estimate of drug-likeness (QED) is 0.915. The molecule has 4 N–H and O–H groups in total. The summed E-state index contributed by atoms with van der Waals surface area (Å²) in [4.78, 5) is 6.28. The Labute approximate surface area is 115 Å². The first-order valence-corrected chi connectivity index (χ1v) is 6.33. The first kappa shape index (κ1) is 12.7. The van der Waals surface area contributed by atoms with Crippen molar-refractivity contribution in [2.45, 2.75) is 6.54 Å². The Kier molecular flexibility index (Phi) is 3.72. The zero-order chi connectivity index (χ0) is 13.1. The van der Waals surface area contributed by atoms with Crippen molar-refractivity contribution >= 4 is 33.3 Å². The van der Waals surface area contributed by atoms with E-state index in [-0.39, 0.29) is 0 Å². The van der Waals surface area contributed by atoms with Crippen LogP contribution in [0.4, 0.5) is 17.3 Å². The molecule has 1 heterocycles. The van der Waals surface area contributed by atoms with Crippen molar-refractivity contribution in [2.24, 2.45) is 0 Å². The normalized spacial score (nSPS) is 10.3. The van der Waals surface area contributed by atoms with Crippen LogP contribution in [-0.2, 0) is 6.54 Å². The molecule has 2 aromatic rings. The van der Waals surface area contributed by atoms with Crippen LogP contribution >= 0.6 is 15.9 Å². The lowest BCUT2D eigenvalue weighted by atomic mass is 10.2. The Morgan fingerprint density at radius 3 is 2.39 bits per heavy atom. The van der Waals surface area contributed by atoms with E-state index in [1.54, 1.807) is 6.07 Å². The van der Waals surface area contributed by atoms with Gasteiger partial charge in [0.1, 0.15) is 11.6 Å². The fourth-order valence-electron chi connectivity index (χ4n) is 1.63. The smallest absolute Gasteiger partial charge is 0.149 e. The number of nitrogen functional groups attached to an aromatic ring is 2. The second-order valence-electron chi connectivity index (χ2n) is 4.13. The predicted molar refractivity (Wildman–Crippen MR) is 79.3 cm³/mol. The van der Waals surface area contributed by atoms with Crippen molar-refractivity contribution in [2.75, 3.05) is 23.4 Å². The van der Waals surface area contributed by atoms with Crippen molar-refractivity contribution in [3.05, 3.63) is 46.4 Å². The molecule has 0 fully saturated rings. The summed E-state index contributed by atoms with van der Waals surface area (Å²) in [6.07, 6.45) is 0. The van der Waals surface area contributed by atoms with Crippen LogP contribution in [0.1, 0.15) is 5.56 Å². The first-order chi connectivity index (χ1) is 8.56. The Morgan fingerprint density at radius 2 is 1.78 bits per heavy atom. The lowest BCUT2D eigenvalue weighted by Crippen LogP contribution is -2.18. The van der Waals surface area contributed by atoms with Gasteiger partial charge in [0, 0.05) is 18.1 Å². The number of hydrogen-bond acceptors (Lipinski definition) is 4. The van der Waals surface area contributed by atoms with Crippen LogP contribution in [0.5, 0.6) is 0 Å². The summed E-state index contributed by atoms with van der Waals surface area (Å²) in [7, 11) is 1.97. The molecular formula is C13H15BrN4. The van der Waals surface area contributed by atoms with E-state index in [0.717, 1.165) is 16.8 Å². The maximum absolute atomic E-state index is 5.70. The minimum atomic E-state index is 0.371. The van der Waals surface area contributed by atoms with Gasteiger partial charge in [-0.05, 0) is 29.8 Å². The van der Waals surface area contributed by atoms with Gasteiger partial charge in [-0.25, -0.2) is 4.98 Å². The van der Waals surface area contributed by atoms with Crippen LogP contribution in [0.15, 0.2) is 40.9 Å². The molecule has 0 unspecified atom stereocenters. The lowest BCUT2D eigenvalue weighted by Gasteiger charge is -2.19. The molecule has 0 bridgehead atoms. The van der Waals surface area contributed by atoms with Gasteiger partial charge < -0.3 is 16.4 Å². The molecular weight excluding hydrogens is 292 g/mol. The molecule has 0 radical (unpaired) electrons. The third kappa shape index (κ3) is 2.92. The van der Waals surface area contributed by atoms with Gasteiger partial charge in [-0.1, -0.05) is 28.1 Å². The van der Waals surface area contributed by atoms with Gasteiger partial charge in [0.2, 0.25) is 0 Å². The van der Waals surface area contributed by atoms with Crippen LogP contribution in [0, 0.1) is 0 Å². The van der Waals surface area contributed by atoms with E-state index in [9.17, 15) is 0 Å². The van der Waals surface area contributed by atoms with Crippen LogP contribution < -0.4 is 16.4 Å². The highest BCUT2D eigenvalue weighted by Crippen LogP contribution is 2.19. The fraction of sp³-hybridized carbons (Fsp3) is 0.154. The molecule has 94 valence electrons. The number of halogens is 1. The Balaban J connectivity index is 2.13. The number of benzene rings is 1. The standard InChI is InChI=1S/C13H15BrN4/c1-18(8-9-2-4-10(14)5-3-9)12-7-6-11(15)13(16)17-12/h2-7H,8,15H2,1H3,(H2,16,17). The van der Waals surface area contributed by atoms with Crippen molar-refractivity contribution < 1.29 is 0 Å². The lowest BCUT2D eigenvalue weighted by molar-refractivity contribution is 0.899. The highest BCUT2D eigenvalue weighted by molar-refractivity contribution is 9.10. The number of anilines is 3. The van der Waals surface area contributed by atoms with E-state index in [4.69, 9.17) is 11.5 Å². The van der Waals surface area contributed by atoms with Gasteiger partial charge in [-0.2, -0.15) is 0 Å². The summed E-state index contributed by atoms with van der Waals surface area (Å²) in [5, 5.41) is 0. The molecule has 0 atom stereocenters. The van der Waals surface area contributed by atoms with Crippen molar-refractivity contribution in [1.82, 2.24) is 4.98 Å². The third-order valence-corrected chi connectivity index (χ3v) is 3.20. The summed E-state index contributed by atoms with van der Waals surface area (Å²) >= 11 is 3.42. The first-order valence-electron chi connectivity index (χ1n) is 5.54. The molecule has 5 heteroatoms. The van der Waals surface area contributed by atoms with Crippen LogP contribution in [-0.4, -0.2) is 12.0 Å². The number of pyridine rings is 1. The van der Waals surface area contributed by atoms with E-state index in [1.165, 1.54) is 5.56 Å². The molecule has 0 aliphatic heterocycles. The highest BCUT2D eigenvalue weighted by atomic mass is 79.9. The number of hydrogen-bond donors (Lipinski definition) is 2. The third-order valence-electron chi connectivity index (χ3n) is 2.67. The topological polar surface area (TPSA) is 68.2 Å². The molecule has 0 saturated heterocycles. The maximum Gasteiger partial charge on any atom is 0.149 e. The van der Waals surface area contributed by atoms with E-state index in [2.05, 4.69) is 33.0 Å². The second kappa shape index (κ2) is 5.27. The molecule has 2 rings (SSSR count). The summed E-state index contributed by atoms with van der Waals surface area (Å²) in [6, 6.07) is 11.8. The summed E-state index contributed by atoms with van der Waals surface area (Å²) in [5.74, 6) is 1.18. The van der Waals surface area contributed by atoms with Crippen molar-refractivity contribution in [1.29, 1.82) is 0 Å². The molecule has 0 spiro atoms. The predicted octanol–water partition coefficient (Wildman–Crippen LogP) is 2.64.